The van der Waals surface area contributed by atoms with Gasteiger partial charge in [-0.3, -0.25) is 4.90 Å². The van der Waals surface area contributed by atoms with E-state index in [-0.39, 0.29) is 0 Å². The Labute approximate surface area is 129 Å². The van der Waals surface area contributed by atoms with E-state index in [4.69, 9.17) is 0 Å². The molecule has 0 amide bonds. The zero-order valence-corrected chi connectivity index (χ0v) is 13.6. The summed E-state index contributed by atoms with van der Waals surface area (Å²) in [6.07, 6.45) is 3.99. The van der Waals surface area contributed by atoms with Gasteiger partial charge in [-0.05, 0) is 49.9 Å². The molecule has 2 aliphatic rings. The molecule has 1 aromatic carbocycles. The summed E-state index contributed by atoms with van der Waals surface area (Å²) in [5, 5.41) is 3.60. The van der Waals surface area contributed by atoms with Crippen LogP contribution in [0.1, 0.15) is 37.3 Å². The minimum absolute atomic E-state index is 0.789. The molecule has 0 bridgehead atoms. The fourth-order valence-corrected chi connectivity index (χ4v) is 3.26. The normalized spacial score (nSPS) is 20.0. The average molecular weight is 287 g/mol. The molecule has 2 fully saturated rings. The molecule has 3 nitrogen and oxygen atoms in total. The van der Waals surface area contributed by atoms with E-state index in [0.717, 1.165) is 12.6 Å². The second kappa shape index (κ2) is 6.80. The summed E-state index contributed by atoms with van der Waals surface area (Å²) in [5.41, 5.74) is 4.28. The predicted octanol–water partition coefficient (Wildman–Crippen LogP) is 2.78. The molecule has 1 saturated heterocycles. The Bertz CT molecular complexity index is 460. The Balaban J connectivity index is 1.57. The lowest BCUT2D eigenvalue weighted by atomic mass is 10.1. The van der Waals surface area contributed by atoms with Crippen LogP contribution in [-0.4, -0.2) is 43.7 Å². The molecule has 1 N–H and O–H groups in total. The molecule has 1 aliphatic carbocycles. The van der Waals surface area contributed by atoms with Crippen LogP contribution in [0.5, 0.6) is 0 Å². The molecule has 1 saturated carbocycles. The summed E-state index contributed by atoms with van der Waals surface area (Å²) in [7, 11) is 0. The van der Waals surface area contributed by atoms with Gasteiger partial charge in [-0.25, -0.2) is 0 Å². The van der Waals surface area contributed by atoms with E-state index in [0.29, 0.717) is 0 Å². The molecule has 116 valence electrons. The van der Waals surface area contributed by atoms with Gasteiger partial charge in [0.2, 0.25) is 0 Å². The number of rotatable bonds is 6. The van der Waals surface area contributed by atoms with Crippen molar-refractivity contribution in [3.8, 4) is 0 Å². The average Bonchev–Trinajstić information content (AvgIpc) is 3.31. The van der Waals surface area contributed by atoms with Gasteiger partial charge >= 0.3 is 0 Å². The molecular weight excluding hydrogens is 258 g/mol. The maximum Gasteiger partial charge on any atom is 0.0397 e. The molecule has 21 heavy (non-hydrogen) atoms. The largest absolute Gasteiger partial charge is 0.369 e. The number of nitrogens with one attached hydrogen (secondary N) is 1. The number of aryl methyl sites for hydroxylation is 1. The number of anilines is 1. The van der Waals surface area contributed by atoms with E-state index in [9.17, 15) is 0 Å². The molecule has 0 radical (unpaired) electrons. The molecule has 1 aromatic rings. The second-order valence-electron chi connectivity index (χ2n) is 6.60. The van der Waals surface area contributed by atoms with Gasteiger partial charge in [0, 0.05) is 44.5 Å². The van der Waals surface area contributed by atoms with Crippen LogP contribution in [-0.2, 0) is 6.54 Å². The molecular formula is C18H29N3. The van der Waals surface area contributed by atoms with Gasteiger partial charge in [0.15, 0.2) is 0 Å². The van der Waals surface area contributed by atoms with Crippen molar-refractivity contribution in [3.63, 3.8) is 0 Å². The summed E-state index contributed by atoms with van der Waals surface area (Å²) < 4.78 is 0. The number of piperazine rings is 1. The van der Waals surface area contributed by atoms with Crippen molar-refractivity contribution in [2.24, 2.45) is 0 Å². The summed E-state index contributed by atoms with van der Waals surface area (Å²) in [6, 6.07) is 7.78. The van der Waals surface area contributed by atoms with Crippen LogP contribution in [0.4, 0.5) is 5.69 Å². The molecule has 1 aliphatic heterocycles. The highest BCUT2D eigenvalue weighted by atomic mass is 15.3. The quantitative estimate of drug-likeness (QED) is 0.868. The molecule has 3 heteroatoms. The lowest BCUT2D eigenvalue weighted by molar-refractivity contribution is 0.258. The van der Waals surface area contributed by atoms with Gasteiger partial charge < -0.3 is 10.2 Å². The van der Waals surface area contributed by atoms with Gasteiger partial charge in [0.25, 0.3) is 0 Å². The van der Waals surface area contributed by atoms with Gasteiger partial charge in [-0.2, -0.15) is 0 Å². The van der Waals surface area contributed by atoms with Crippen molar-refractivity contribution >= 4 is 5.69 Å². The molecule has 0 spiro atoms. The minimum Gasteiger partial charge on any atom is -0.369 e. The van der Waals surface area contributed by atoms with Crippen molar-refractivity contribution in [1.29, 1.82) is 0 Å². The van der Waals surface area contributed by atoms with Crippen molar-refractivity contribution in [3.05, 3.63) is 29.3 Å². The summed E-state index contributed by atoms with van der Waals surface area (Å²) in [6.45, 7) is 11.5. The highest BCUT2D eigenvalue weighted by Gasteiger charge is 2.20. The third-order valence-corrected chi connectivity index (χ3v) is 4.69. The van der Waals surface area contributed by atoms with E-state index >= 15 is 0 Å². The number of hydrogen-bond acceptors (Lipinski definition) is 3. The molecule has 3 rings (SSSR count). The van der Waals surface area contributed by atoms with Crippen LogP contribution in [0, 0.1) is 6.92 Å². The first kappa shape index (κ1) is 14.9. The SMILES string of the molecule is CCCN1CCN(c2ccc(CNC3CC3)cc2C)CC1. The Morgan fingerprint density at radius 3 is 2.52 bits per heavy atom. The topological polar surface area (TPSA) is 18.5 Å². The first-order valence-electron chi connectivity index (χ1n) is 8.56. The first-order chi connectivity index (χ1) is 10.3. The van der Waals surface area contributed by atoms with Crippen molar-refractivity contribution < 1.29 is 0 Å². The lowest BCUT2D eigenvalue weighted by Crippen LogP contribution is -2.46. The van der Waals surface area contributed by atoms with E-state index in [1.54, 1.807) is 0 Å². The van der Waals surface area contributed by atoms with Crippen LogP contribution < -0.4 is 10.2 Å². The van der Waals surface area contributed by atoms with Crippen molar-refractivity contribution in [2.75, 3.05) is 37.6 Å². The highest BCUT2D eigenvalue weighted by molar-refractivity contribution is 5.54. The molecule has 0 unspecified atom stereocenters. The van der Waals surface area contributed by atoms with E-state index in [1.807, 2.05) is 0 Å². The van der Waals surface area contributed by atoms with E-state index in [2.05, 4.69) is 47.2 Å². The van der Waals surface area contributed by atoms with Gasteiger partial charge in [-0.1, -0.05) is 19.1 Å². The fourth-order valence-electron chi connectivity index (χ4n) is 3.26. The maximum absolute atomic E-state index is 3.60. The Hall–Kier alpha value is -1.06. The van der Waals surface area contributed by atoms with Gasteiger partial charge in [0.1, 0.15) is 0 Å². The summed E-state index contributed by atoms with van der Waals surface area (Å²) in [4.78, 5) is 5.14. The van der Waals surface area contributed by atoms with Crippen molar-refractivity contribution in [1.82, 2.24) is 10.2 Å². The molecule has 0 atom stereocenters. The zero-order valence-electron chi connectivity index (χ0n) is 13.6. The third kappa shape index (κ3) is 3.98. The van der Waals surface area contributed by atoms with Crippen molar-refractivity contribution in [2.45, 2.75) is 45.7 Å². The number of hydrogen-bond donors (Lipinski definition) is 1. The monoisotopic (exact) mass is 287 g/mol. The Kier molecular flexibility index (Phi) is 4.81. The van der Waals surface area contributed by atoms with E-state index < -0.39 is 0 Å². The lowest BCUT2D eigenvalue weighted by Gasteiger charge is -2.36. The fraction of sp³-hybridized carbons (Fsp3) is 0.667. The van der Waals surface area contributed by atoms with Crippen LogP contribution in [0.25, 0.3) is 0 Å². The maximum atomic E-state index is 3.60. The predicted molar refractivity (Wildman–Crippen MR) is 90.0 cm³/mol. The highest BCUT2D eigenvalue weighted by Crippen LogP contribution is 2.24. The van der Waals surface area contributed by atoms with Gasteiger partial charge in [0.05, 0.1) is 0 Å². The summed E-state index contributed by atoms with van der Waals surface area (Å²) >= 11 is 0. The van der Waals surface area contributed by atoms with Crippen LogP contribution in [0.2, 0.25) is 0 Å². The zero-order chi connectivity index (χ0) is 14.7. The smallest absolute Gasteiger partial charge is 0.0397 e. The second-order valence-corrected chi connectivity index (χ2v) is 6.60. The Morgan fingerprint density at radius 1 is 1.14 bits per heavy atom. The van der Waals surface area contributed by atoms with Crippen LogP contribution in [0.15, 0.2) is 18.2 Å². The third-order valence-electron chi connectivity index (χ3n) is 4.69. The Morgan fingerprint density at radius 2 is 1.90 bits per heavy atom. The molecule has 0 aromatic heterocycles. The number of benzene rings is 1. The van der Waals surface area contributed by atoms with Crippen LogP contribution in [0.3, 0.4) is 0 Å². The number of nitrogens with zero attached hydrogens (tertiary/aromatic N) is 2. The van der Waals surface area contributed by atoms with Gasteiger partial charge in [-0.15, -0.1) is 0 Å². The van der Waals surface area contributed by atoms with E-state index in [1.165, 1.54) is 68.8 Å². The standard InChI is InChI=1S/C18H29N3/c1-3-8-20-9-11-21(12-10-20)18-7-4-16(13-15(18)2)14-19-17-5-6-17/h4,7,13,17,19H,3,5-6,8-12,14H2,1-2H3. The molecule has 1 heterocycles. The minimum atomic E-state index is 0.789. The first-order valence-corrected chi connectivity index (χ1v) is 8.56. The summed E-state index contributed by atoms with van der Waals surface area (Å²) in [5.74, 6) is 0. The van der Waals surface area contributed by atoms with Crippen LogP contribution >= 0.6 is 0 Å².